The van der Waals surface area contributed by atoms with Gasteiger partial charge in [-0.05, 0) is 47.9 Å². The molecule has 0 atom stereocenters. The summed E-state index contributed by atoms with van der Waals surface area (Å²) in [6.07, 6.45) is 1.75. The lowest BCUT2D eigenvalue weighted by Gasteiger charge is -2.13. The van der Waals surface area contributed by atoms with E-state index in [1.165, 1.54) is 0 Å². The van der Waals surface area contributed by atoms with Crippen LogP contribution in [0, 0.1) is 5.92 Å². The van der Waals surface area contributed by atoms with Gasteiger partial charge in [0.25, 0.3) is 5.91 Å². The summed E-state index contributed by atoms with van der Waals surface area (Å²) in [5.74, 6) is -0.788. The number of carbonyl (C=O) groups excluding carboxylic acids is 3. The summed E-state index contributed by atoms with van der Waals surface area (Å²) in [7, 11) is 0. The molecule has 1 aliphatic rings. The Balaban J connectivity index is 1.50. The first kappa shape index (κ1) is 18.7. The number of benzene rings is 3. The Labute approximate surface area is 168 Å². The zero-order valence-electron chi connectivity index (χ0n) is 15.8. The molecule has 29 heavy (non-hydrogen) atoms. The van der Waals surface area contributed by atoms with E-state index in [0.29, 0.717) is 16.9 Å². The molecule has 0 aromatic heterocycles. The van der Waals surface area contributed by atoms with Crippen molar-refractivity contribution in [2.75, 3.05) is 17.2 Å². The normalized spacial score (nSPS) is 13.0. The van der Waals surface area contributed by atoms with Crippen molar-refractivity contribution in [2.45, 2.75) is 12.8 Å². The first-order valence-electron chi connectivity index (χ1n) is 9.57. The third-order valence-electron chi connectivity index (χ3n) is 4.80. The molecule has 0 aliphatic heterocycles. The molecule has 1 fully saturated rings. The second-order valence-electron chi connectivity index (χ2n) is 7.11. The smallest absolute Gasteiger partial charge is 0.253 e. The highest BCUT2D eigenvalue weighted by atomic mass is 16.2. The highest BCUT2D eigenvalue weighted by Crippen LogP contribution is 2.31. The van der Waals surface area contributed by atoms with Crippen LogP contribution in [0.2, 0.25) is 0 Å². The third kappa shape index (κ3) is 4.60. The number of nitrogens with one attached hydrogen (secondary N) is 3. The summed E-state index contributed by atoms with van der Waals surface area (Å²) in [4.78, 5) is 37.2. The minimum absolute atomic E-state index is 0.0223. The van der Waals surface area contributed by atoms with Gasteiger partial charge in [0, 0.05) is 11.6 Å². The van der Waals surface area contributed by atoms with Gasteiger partial charge in [0.15, 0.2) is 0 Å². The van der Waals surface area contributed by atoms with Gasteiger partial charge in [-0.2, -0.15) is 0 Å². The standard InChI is InChI=1S/C23H21N3O3/c27-21(25-18-8-2-1-3-9-18)14-24-23(29)19-12-16-6-4-5-7-17(16)13-20(19)26-22(28)15-10-11-15/h1-9,12-13,15H,10-11,14H2,(H,24,29)(H,25,27)(H,26,28). The van der Waals surface area contributed by atoms with Crippen molar-refractivity contribution >= 4 is 39.9 Å². The van der Waals surface area contributed by atoms with Crippen LogP contribution in [0.1, 0.15) is 23.2 Å². The van der Waals surface area contributed by atoms with Crippen molar-refractivity contribution < 1.29 is 14.4 Å². The molecule has 3 aromatic carbocycles. The summed E-state index contributed by atoms with van der Waals surface area (Å²) in [6.45, 7) is -0.170. The van der Waals surface area contributed by atoms with Crippen molar-refractivity contribution in [1.29, 1.82) is 0 Å². The second kappa shape index (κ2) is 8.14. The van der Waals surface area contributed by atoms with Gasteiger partial charge in [-0.3, -0.25) is 14.4 Å². The van der Waals surface area contributed by atoms with Crippen LogP contribution in [-0.2, 0) is 9.59 Å². The molecule has 6 heteroatoms. The fraction of sp³-hybridized carbons (Fsp3) is 0.174. The lowest BCUT2D eigenvalue weighted by Crippen LogP contribution is -2.33. The molecule has 0 saturated heterocycles. The zero-order chi connectivity index (χ0) is 20.2. The van der Waals surface area contributed by atoms with E-state index >= 15 is 0 Å². The summed E-state index contributed by atoms with van der Waals surface area (Å²) in [6, 6.07) is 20.2. The molecule has 0 unspecified atom stereocenters. The monoisotopic (exact) mass is 387 g/mol. The number of hydrogen-bond donors (Lipinski definition) is 3. The maximum atomic E-state index is 12.8. The van der Waals surface area contributed by atoms with Gasteiger partial charge in [0.1, 0.15) is 0 Å². The van der Waals surface area contributed by atoms with Crippen molar-refractivity contribution in [1.82, 2.24) is 5.32 Å². The zero-order valence-corrected chi connectivity index (χ0v) is 15.8. The molecule has 6 nitrogen and oxygen atoms in total. The third-order valence-corrected chi connectivity index (χ3v) is 4.80. The van der Waals surface area contributed by atoms with E-state index in [1.807, 2.05) is 42.5 Å². The largest absolute Gasteiger partial charge is 0.343 e. The van der Waals surface area contributed by atoms with Gasteiger partial charge >= 0.3 is 0 Å². The molecule has 146 valence electrons. The molecule has 1 aliphatic carbocycles. The molecule has 0 radical (unpaired) electrons. The average molecular weight is 387 g/mol. The Hall–Kier alpha value is -3.67. The topological polar surface area (TPSA) is 87.3 Å². The molecule has 4 rings (SSSR count). The Morgan fingerprint density at radius 3 is 2.17 bits per heavy atom. The van der Waals surface area contributed by atoms with Gasteiger partial charge in [-0.25, -0.2) is 0 Å². The van der Waals surface area contributed by atoms with Gasteiger partial charge in [-0.15, -0.1) is 0 Å². The van der Waals surface area contributed by atoms with Crippen molar-refractivity contribution in [2.24, 2.45) is 5.92 Å². The lowest BCUT2D eigenvalue weighted by atomic mass is 10.0. The molecular formula is C23H21N3O3. The molecule has 3 aromatic rings. The van der Waals surface area contributed by atoms with Crippen LogP contribution >= 0.6 is 0 Å². The van der Waals surface area contributed by atoms with E-state index in [9.17, 15) is 14.4 Å². The molecule has 0 spiro atoms. The van der Waals surface area contributed by atoms with Crippen LogP contribution in [0.4, 0.5) is 11.4 Å². The van der Waals surface area contributed by atoms with Gasteiger partial charge in [0.2, 0.25) is 11.8 Å². The number of rotatable bonds is 6. The van der Waals surface area contributed by atoms with Crippen LogP contribution in [0.15, 0.2) is 66.7 Å². The Morgan fingerprint density at radius 2 is 1.48 bits per heavy atom. The van der Waals surface area contributed by atoms with Gasteiger partial charge in [0.05, 0.1) is 17.8 Å². The predicted molar refractivity (Wildman–Crippen MR) is 113 cm³/mol. The van der Waals surface area contributed by atoms with Crippen LogP contribution in [0.25, 0.3) is 10.8 Å². The average Bonchev–Trinajstić information content (AvgIpc) is 3.58. The Bertz CT molecular complexity index is 1080. The molecule has 0 bridgehead atoms. The number of para-hydroxylation sites is 1. The quantitative estimate of drug-likeness (QED) is 0.604. The maximum Gasteiger partial charge on any atom is 0.253 e. The second-order valence-corrected chi connectivity index (χ2v) is 7.11. The number of amides is 3. The molecule has 0 heterocycles. The summed E-state index contributed by atoms with van der Waals surface area (Å²) >= 11 is 0. The minimum Gasteiger partial charge on any atom is -0.343 e. The number of anilines is 2. The van der Waals surface area contributed by atoms with Crippen molar-refractivity contribution in [3.63, 3.8) is 0 Å². The molecule has 3 amide bonds. The first-order valence-corrected chi connectivity index (χ1v) is 9.57. The van der Waals surface area contributed by atoms with E-state index in [0.717, 1.165) is 23.6 Å². The minimum atomic E-state index is -0.412. The fourth-order valence-electron chi connectivity index (χ4n) is 3.09. The number of fused-ring (bicyclic) bond motifs is 1. The Morgan fingerprint density at radius 1 is 0.828 bits per heavy atom. The molecular weight excluding hydrogens is 366 g/mol. The summed E-state index contributed by atoms with van der Waals surface area (Å²) in [5.41, 5.74) is 1.46. The fourth-order valence-corrected chi connectivity index (χ4v) is 3.09. The lowest BCUT2D eigenvalue weighted by molar-refractivity contribution is -0.117. The molecule has 1 saturated carbocycles. The van der Waals surface area contributed by atoms with Crippen LogP contribution in [0.3, 0.4) is 0 Å². The van der Waals surface area contributed by atoms with Gasteiger partial charge in [-0.1, -0.05) is 42.5 Å². The first-order chi connectivity index (χ1) is 14.1. The van der Waals surface area contributed by atoms with Crippen LogP contribution in [-0.4, -0.2) is 24.3 Å². The number of carbonyl (C=O) groups is 3. The SMILES string of the molecule is O=C(CNC(=O)c1cc2ccccc2cc1NC(=O)C1CC1)Nc1ccccc1. The highest BCUT2D eigenvalue weighted by Gasteiger charge is 2.30. The van der Waals surface area contributed by atoms with Crippen molar-refractivity contribution in [3.8, 4) is 0 Å². The summed E-state index contributed by atoms with van der Waals surface area (Å²) < 4.78 is 0. The number of hydrogen-bond acceptors (Lipinski definition) is 3. The Kier molecular flexibility index (Phi) is 5.24. The van der Waals surface area contributed by atoms with E-state index < -0.39 is 5.91 Å². The van der Waals surface area contributed by atoms with Crippen LogP contribution in [0.5, 0.6) is 0 Å². The van der Waals surface area contributed by atoms with E-state index in [-0.39, 0.29) is 24.3 Å². The van der Waals surface area contributed by atoms with Gasteiger partial charge < -0.3 is 16.0 Å². The van der Waals surface area contributed by atoms with Crippen molar-refractivity contribution in [3.05, 3.63) is 72.3 Å². The highest BCUT2D eigenvalue weighted by molar-refractivity contribution is 6.09. The maximum absolute atomic E-state index is 12.8. The van der Waals surface area contributed by atoms with E-state index in [2.05, 4.69) is 16.0 Å². The summed E-state index contributed by atoms with van der Waals surface area (Å²) in [5, 5.41) is 10.1. The van der Waals surface area contributed by atoms with Crippen LogP contribution < -0.4 is 16.0 Å². The predicted octanol–water partition coefficient (Wildman–Crippen LogP) is 3.56. The van der Waals surface area contributed by atoms with E-state index in [1.54, 1.807) is 24.3 Å². The van der Waals surface area contributed by atoms with E-state index in [4.69, 9.17) is 0 Å². The molecule has 3 N–H and O–H groups in total.